The Morgan fingerprint density at radius 2 is 2.28 bits per heavy atom. The van der Waals surface area contributed by atoms with Gasteiger partial charge in [0.2, 0.25) is 0 Å². The Hall–Kier alpha value is -1.63. The van der Waals surface area contributed by atoms with Gasteiger partial charge in [0, 0.05) is 11.4 Å². The van der Waals surface area contributed by atoms with Crippen LogP contribution in [0.4, 0.5) is 9.93 Å². The number of carboxylic acids is 1. The Morgan fingerprint density at radius 1 is 1.50 bits per heavy atom. The smallest absolute Gasteiger partial charge is 0.321 e. The molecule has 1 aromatic rings. The van der Waals surface area contributed by atoms with Crippen molar-refractivity contribution < 1.29 is 14.7 Å². The lowest BCUT2D eigenvalue weighted by molar-refractivity contribution is -0.141. The van der Waals surface area contributed by atoms with Gasteiger partial charge in [0.1, 0.15) is 0 Å². The summed E-state index contributed by atoms with van der Waals surface area (Å²) >= 11 is 1.36. The molecule has 3 N–H and O–H groups in total. The molecule has 2 atom stereocenters. The molecule has 1 aliphatic carbocycles. The average Bonchev–Trinajstić information content (AvgIpc) is 2.88. The van der Waals surface area contributed by atoms with E-state index in [4.69, 9.17) is 5.11 Å². The van der Waals surface area contributed by atoms with Crippen LogP contribution in [-0.4, -0.2) is 28.1 Å². The molecule has 0 aliphatic heterocycles. The number of nitrogens with zero attached hydrogens (tertiary/aromatic N) is 1. The lowest BCUT2D eigenvalue weighted by Crippen LogP contribution is -2.36. The van der Waals surface area contributed by atoms with E-state index >= 15 is 0 Å². The molecule has 2 amide bonds. The van der Waals surface area contributed by atoms with Crippen LogP contribution in [0.15, 0.2) is 5.38 Å². The fraction of sp³-hybridized carbons (Fsp3) is 0.545. The maximum atomic E-state index is 11.7. The zero-order chi connectivity index (χ0) is 13.1. The summed E-state index contributed by atoms with van der Waals surface area (Å²) in [5.74, 6) is -1.12. The van der Waals surface area contributed by atoms with E-state index in [1.165, 1.54) is 11.3 Å². The predicted molar refractivity (Wildman–Crippen MR) is 67.8 cm³/mol. The number of amides is 2. The molecule has 1 aromatic heterocycles. The normalized spacial score (nSPS) is 22.7. The summed E-state index contributed by atoms with van der Waals surface area (Å²) in [4.78, 5) is 26.6. The zero-order valence-electron chi connectivity index (χ0n) is 9.97. The van der Waals surface area contributed by atoms with Gasteiger partial charge in [0.25, 0.3) is 0 Å². The molecule has 1 saturated carbocycles. The fourth-order valence-corrected chi connectivity index (χ4v) is 2.75. The second kappa shape index (κ2) is 5.34. The standard InChI is InChI=1S/C11H15N3O3S/c1-6-5-18-11(12-6)14-10(17)13-8-3-2-7(4-8)9(15)16/h5,7-8H,2-4H2,1H3,(H,15,16)(H2,12,13,14,17). The summed E-state index contributed by atoms with van der Waals surface area (Å²) in [5, 5.41) is 16.7. The van der Waals surface area contributed by atoms with E-state index in [-0.39, 0.29) is 18.0 Å². The van der Waals surface area contributed by atoms with Crippen LogP contribution < -0.4 is 10.6 Å². The third kappa shape index (κ3) is 3.19. The zero-order valence-corrected chi connectivity index (χ0v) is 10.8. The van der Waals surface area contributed by atoms with Gasteiger partial charge in [-0.3, -0.25) is 10.1 Å². The summed E-state index contributed by atoms with van der Waals surface area (Å²) in [5.41, 5.74) is 0.863. The number of carbonyl (C=O) groups excluding carboxylic acids is 1. The van der Waals surface area contributed by atoms with E-state index in [9.17, 15) is 9.59 Å². The SMILES string of the molecule is Cc1csc(NC(=O)NC2CCC(C(=O)O)C2)n1. The third-order valence-electron chi connectivity index (χ3n) is 2.96. The number of carbonyl (C=O) groups is 2. The van der Waals surface area contributed by atoms with Crippen LogP contribution in [0.3, 0.4) is 0 Å². The van der Waals surface area contributed by atoms with Crippen molar-refractivity contribution in [1.82, 2.24) is 10.3 Å². The van der Waals surface area contributed by atoms with Crippen molar-refractivity contribution in [3.63, 3.8) is 0 Å². The van der Waals surface area contributed by atoms with Crippen LogP contribution >= 0.6 is 11.3 Å². The van der Waals surface area contributed by atoms with Gasteiger partial charge in [-0.05, 0) is 26.2 Å². The average molecular weight is 269 g/mol. The highest BCUT2D eigenvalue weighted by Crippen LogP contribution is 2.25. The molecule has 1 heterocycles. The number of aromatic nitrogens is 1. The molecule has 0 spiro atoms. The van der Waals surface area contributed by atoms with Gasteiger partial charge in [-0.1, -0.05) is 0 Å². The van der Waals surface area contributed by atoms with Crippen molar-refractivity contribution >= 4 is 28.5 Å². The number of hydrogen-bond donors (Lipinski definition) is 3. The van der Waals surface area contributed by atoms with Gasteiger partial charge < -0.3 is 10.4 Å². The molecule has 98 valence electrons. The second-order valence-corrected chi connectivity index (χ2v) is 5.30. The highest BCUT2D eigenvalue weighted by Gasteiger charge is 2.30. The molecule has 0 saturated heterocycles. The highest BCUT2D eigenvalue weighted by atomic mass is 32.1. The minimum Gasteiger partial charge on any atom is -0.481 e. The Kier molecular flexibility index (Phi) is 3.81. The minimum atomic E-state index is -0.782. The molecule has 0 radical (unpaired) electrons. The van der Waals surface area contributed by atoms with E-state index in [0.29, 0.717) is 24.4 Å². The van der Waals surface area contributed by atoms with E-state index in [1.54, 1.807) is 0 Å². The molecule has 1 fully saturated rings. The Labute approximate surface area is 108 Å². The topological polar surface area (TPSA) is 91.3 Å². The molecule has 6 nitrogen and oxygen atoms in total. The molecule has 2 rings (SSSR count). The summed E-state index contributed by atoms with van der Waals surface area (Å²) in [6.07, 6.45) is 1.83. The summed E-state index contributed by atoms with van der Waals surface area (Å²) < 4.78 is 0. The fourth-order valence-electron chi connectivity index (χ4n) is 2.07. The predicted octanol–water partition coefficient (Wildman–Crippen LogP) is 1.83. The van der Waals surface area contributed by atoms with Crippen molar-refractivity contribution in [1.29, 1.82) is 0 Å². The number of urea groups is 1. The molecule has 2 unspecified atom stereocenters. The Morgan fingerprint density at radius 3 is 2.83 bits per heavy atom. The summed E-state index contributed by atoms with van der Waals surface area (Å²) in [7, 11) is 0. The van der Waals surface area contributed by atoms with Crippen molar-refractivity contribution in [2.45, 2.75) is 32.2 Å². The van der Waals surface area contributed by atoms with Gasteiger partial charge in [-0.15, -0.1) is 11.3 Å². The number of thiazole rings is 1. The minimum absolute atomic E-state index is 0.0628. The van der Waals surface area contributed by atoms with Crippen LogP contribution in [0.5, 0.6) is 0 Å². The second-order valence-electron chi connectivity index (χ2n) is 4.44. The monoisotopic (exact) mass is 269 g/mol. The van der Waals surface area contributed by atoms with Gasteiger partial charge in [0.15, 0.2) is 5.13 Å². The Balaban J connectivity index is 1.80. The molecule has 18 heavy (non-hydrogen) atoms. The van der Waals surface area contributed by atoms with Crippen molar-refractivity contribution in [3.8, 4) is 0 Å². The lowest BCUT2D eigenvalue weighted by Gasteiger charge is -2.12. The highest BCUT2D eigenvalue weighted by molar-refractivity contribution is 7.13. The maximum absolute atomic E-state index is 11.7. The van der Waals surface area contributed by atoms with Gasteiger partial charge in [-0.2, -0.15) is 0 Å². The van der Waals surface area contributed by atoms with Crippen LogP contribution in [0, 0.1) is 12.8 Å². The number of nitrogens with one attached hydrogen (secondary N) is 2. The summed E-state index contributed by atoms with van der Waals surface area (Å²) in [6, 6.07) is -0.382. The van der Waals surface area contributed by atoms with Crippen LogP contribution in [0.25, 0.3) is 0 Å². The number of carboxylic acid groups (broad SMARTS) is 1. The first-order valence-electron chi connectivity index (χ1n) is 5.77. The largest absolute Gasteiger partial charge is 0.481 e. The number of hydrogen-bond acceptors (Lipinski definition) is 4. The first-order chi connectivity index (χ1) is 8.54. The number of aliphatic carboxylic acids is 1. The van der Waals surface area contributed by atoms with E-state index in [1.807, 2.05) is 12.3 Å². The Bertz CT molecular complexity index is 460. The van der Waals surface area contributed by atoms with Crippen LogP contribution in [-0.2, 0) is 4.79 Å². The molecular weight excluding hydrogens is 254 g/mol. The first-order valence-corrected chi connectivity index (χ1v) is 6.65. The molecular formula is C11H15N3O3S. The first kappa shape index (κ1) is 12.8. The van der Waals surface area contributed by atoms with Crippen molar-refractivity contribution in [2.75, 3.05) is 5.32 Å². The molecule has 0 aromatic carbocycles. The van der Waals surface area contributed by atoms with E-state index in [2.05, 4.69) is 15.6 Å². The lowest BCUT2D eigenvalue weighted by atomic mass is 10.1. The van der Waals surface area contributed by atoms with Crippen molar-refractivity contribution in [2.24, 2.45) is 5.92 Å². The van der Waals surface area contributed by atoms with E-state index in [0.717, 1.165) is 5.69 Å². The third-order valence-corrected chi connectivity index (χ3v) is 3.83. The van der Waals surface area contributed by atoms with Gasteiger partial charge in [0.05, 0.1) is 11.6 Å². The maximum Gasteiger partial charge on any atom is 0.321 e. The molecule has 0 bridgehead atoms. The van der Waals surface area contributed by atoms with Gasteiger partial charge in [-0.25, -0.2) is 9.78 Å². The number of aryl methyl sites for hydroxylation is 1. The van der Waals surface area contributed by atoms with E-state index < -0.39 is 5.97 Å². The van der Waals surface area contributed by atoms with Crippen molar-refractivity contribution in [3.05, 3.63) is 11.1 Å². The molecule has 7 heteroatoms. The van der Waals surface area contributed by atoms with Gasteiger partial charge >= 0.3 is 12.0 Å². The van der Waals surface area contributed by atoms with Crippen LogP contribution in [0.1, 0.15) is 25.0 Å². The summed E-state index contributed by atoms with van der Waals surface area (Å²) in [6.45, 7) is 1.86. The quantitative estimate of drug-likeness (QED) is 0.780. The molecule has 1 aliphatic rings. The number of anilines is 1. The number of rotatable bonds is 3. The van der Waals surface area contributed by atoms with Crippen LogP contribution in [0.2, 0.25) is 0 Å².